The topological polar surface area (TPSA) is 87.4 Å². The maximum atomic E-state index is 13.3. The molecule has 1 aromatic carbocycles. The largest absolute Gasteiger partial charge is 0.394 e. The van der Waals surface area contributed by atoms with Crippen LogP contribution < -0.4 is 4.90 Å². The summed E-state index contributed by atoms with van der Waals surface area (Å²) in [6.07, 6.45) is 7.70. The maximum absolute atomic E-state index is 13.3. The van der Waals surface area contributed by atoms with E-state index < -0.39 is 0 Å². The van der Waals surface area contributed by atoms with Crippen LogP contribution in [0.15, 0.2) is 48.8 Å². The third-order valence-corrected chi connectivity index (χ3v) is 6.35. The SMILES string of the molecule is O=C(c1ccccc1)N1CCC[C@@H]1c1c(-c2ccnc(N3CCCC3)n2)cnn1CCO. The number of carbonyl (C=O) groups is 1. The molecule has 166 valence electrons. The second-order valence-corrected chi connectivity index (χ2v) is 8.35. The van der Waals surface area contributed by atoms with E-state index in [1.54, 1.807) is 6.20 Å². The highest BCUT2D eigenvalue weighted by atomic mass is 16.3. The first-order valence-corrected chi connectivity index (χ1v) is 11.4. The fraction of sp³-hybridized carbons (Fsp3) is 0.417. The van der Waals surface area contributed by atoms with Crippen LogP contribution in [-0.2, 0) is 6.54 Å². The van der Waals surface area contributed by atoms with E-state index >= 15 is 0 Å². The molecule has 4 heterocycles. The quantitative estimate of drug-likeness (QED) is 0.645. The van der Waals surface area contributed by atoms with Gasteiger partial charge in [0, 0.05) is 37.0 Å². The van der Waals surface area contributed by atoms with Gasteiger partial charge in [0.2, 0.25) is 5.95 Å². The molecule has 2 fully saturated rings. The van der Waals surface area contributed by atoms with Gasteiger partial charge < -0.3 is 14.9 Å². The number of rotatable bonds is 6. The lowest BCUT2D eigenvalue weighted by molar-refractivity contribution is 0.0729. The molecule has 3 aromatic rings. The lowest BCUT2D eigenvalue weighted by Gasteiger charge is -2.26. The Hall–Kier alpha value is -3.26. The highest BCUT2D eigenvalue weighted by Crippen LogP contribution is 2.38. The molecule has 0 unspecified atom stereocenters. The van der Waals surface area contributed by atoms with E-state index in [0.29, 0.717) is 18.7 Å². The van der Waals surface area contributed by atoms with E-state index in [2.05, 4.69) is 15.0 Å². The van der Waals surface area contributed by atoms with Gasteiger partial charge in [-0.25, -0.2) is 9.97 Å². The number of carbonyl (C=O) groups excluding carboxylic acids is 1. The molecule has 1 amide bonds. The Labute approximate surface area is 187 Å². The summed E-state index contributed by atoms with van der Waals surface area (Å²) in [5.74, 6) is 0.765. The molecule has 0 spiro atoms. The van der Waals surface area contributed by atoms with Crippen molar-refractivity contribution in [3.05, 3.63) is 60.0 Å². The molecule has 8 nitrogen and oxygen atoms in total. The number of anilines is 1. The van der Waals surface area contributed by atoms with Crippen LogP contribution in [0, 0.1) is 0 Å². The van der Waals surface area contributed by atoms with Crippen LogP contribution >= 0.6 is 0 Å². The first kappa shape index (κ1) is 20.6. The van der Waals surface area contributed by atoms with E-state index in [-0.39, 0.29) is 18.6 Å². The van der Waals surface area contributed by atoms with Crippen LogP contribution in [0.2, 0.25) is 0 Å². The summed E-state index contributed by atoms with van der Waals surface area (Å²) in [6.45, 7) is 3.01. The van der Waals surface area contributed by atoms with Gasteiger partial charge in [0.05, 0.1) is 36.8 Å². The summed E-state index contributed by atoms with van der Waals surface area (Å²) in [4.78, 5) is 26.8. The predicted molar refractivity (Wildman–Crippen MR) is 121 cm³/mol. The minimum absolute atomic E-state index is 0.0176. The fourth-order valence-corrected chi connectivity index (χ4v) is 4.83. The summed E-state index contributed by atoms with van der Waals surface area (Å²) in [5, 5.41) is 14.2. The molecule has 0 radical (unpaired) electrons. The average Bonchev–Trinajstić information content (AvgIpc) is 3.60. The van der Waals surface area contributed by atoms with Gasteiger partial charge in [0.1, 0.15) is 0 Å². The monoisotopic (exact) mass is 432 g/mol. The Kier molecular flexibility index (Phi) is 5.85. The van der Waals surface area contributed by atoms with Gasteiger partial charge in [-0.15, -0.1) is 0 Å². The number of likely N-dealkylation sites (tertiary alicyclic amines) is 1. The molecular formula is C24H28N6O2. The Morgan fingerprint density at radius 3 is 2.66 bits per heavy atom. The Balaban J connectivity index is 1.53. The van der Waals surface area contributed by atoms with E-state index in [1.807, 2.05) is 52.2 Å². The number of hydrogen-bond donors (Lipinski definition) is 1. The second-order valence-electron chi connectivity index (χ2n) is 8.35. The fourth-order valence-electron chi connectivity index (χ4n) is 4.83. The summed E-state index contributed by atoms with van der Waals surface area (Å²) in [5.41, 5.74) is 3.33. The summed E-state index contributed by atoms with van der Waals surface area (Å²) < 4.78 is 1.83. The first-order valence-electron chi connectivity index (χ1n) is 11.4. The Morgan fingerprint density at radius 2 is 1.88 bits per heavy atom. The van der Waals surface area contributed by atoms with Gasteiger partial charge in [-0.2, -0.15) is 5.10 Å². The van der Waals surface area contributed by atoms with Crippen LogP contribution in [0.3, 0.4) is 0 Å². The highest BCUT2D eigenvalue weighted by Gasteiger charge is 2.35. The van der Waals surface area contributed by atoms with Crippen molar-refractivity contribution < 1.29 is 9.90 Å². The van der Waals surface area contributed by atoms with E-state index in [1.165, 1.54) is 0 Å². The van der Waals surface area contributed by atoms with Gasteiger partial charge >= 0.3 is 0 Å². The zero-order chi connectivity index (χ0) is 21.9. The molecular weight excluding hydrogens is 404 g/mol. The molecule has 2 aliphatic heterocycles. The third kappa shape index (κ3) is 3.86. The zero-order valence-electron chi connectivity index (χ0n) is 18.1. The van der Waals surface area contributed by atoms with Crippen LogP contribution in [0.25, 0.3) is 11.3 Å². The summed E-state index contributed by atoms with van der Waals surface area (Å²) in [6, 6.07) is 11.2. The van der Waals surface area contributed by atoms with E-state index in [4.69, 9.17) is 4.98 Å². The molecule has 1 atom stereocenters. The third-order valence-electron chi connectivity index (χ3n) is 6.35. The molecule has 0 saturated carbocycles. The number of benzene rings is 1. The Bertz CT molecular complexity index is 1080. The van der Waals surface area contributed by atoms with E-state index in [0.717, 1.165) is 61.7 Å². The number of amides is 1. The molecule has 0 bridgehead atoms. The van der Waals surface area contributed by atoms with Crippen molar-refractivity contribution in [2.45, 2.75) is 38.3 Å². The lowest BCUT2D eigenvalue weighted by Crippen LogP contribution is -2.32. The van der Waals surface area contributed by atoms with Crippen molar-refractivity contribution in [3.8, 4) is 11.3 Å². The van der Waals surface area contributed by atoms with Gasteiger partial charge in [-0.3, -0.25) is 9.48 Å². The summed E-state index contributed by atoms with van der Waals surface area (Å²) in [7, 11) is 0. The lowest BCUT2D eigenvalue weighted by atomic mass is 10.0. The van der Waals surface area contributed by atoms with Crippen molar-refractivity contribution in [1.82, 2.24) is 24.6 Å². The highest BCUT2D eigenvalue weighted by molar-refractivity contribution is 5.94. The number of aliphatic hydroxyl groups is 1. The molecule has 8 heteroatoms. The first-order chi connectivity index (χ1) is 15.8. The minimum atomic E-state index is -0.114. The smallest absolute Gasteiger partial charge is 0.254 e. The van der Waals surface area contributed by atoms with Gasteiger partial charge in [0.25, 0.3) is 5.91 Å². The van der Waals surface area contributed by atoms with Gasteiger partial charge in [-0.05, 0) is 43.9 Å². The molecule has 1 N–H and O–H groups in total. The maximum Gasteiger partial charge on any atom is 0.254 e. The normalized spacial score (nSPS) is 18.5. The number of aromatic nitrogens is 4. The second kappa shape index (κ2) is 9.08. The molecule has 32 heavy (non-hydrogen) atoms. The molecule has 2 saturated heterocycles. The molecule has 2 aromatic heterocycles. The van der Waals surface area contributed by atoms with Crippen LogP contribution in [0.4, 0.5) is 5.95 Å². The zero-order valence-corrected chi connectivity index (χ0v) is 18.1. The number of aliphatic hydroxyl groups excluding tert-OH is 1. The van der Waals surface area contributed by atoms with Gasteiger partial charge in [0.15, 0.2) is 0 Å². The standard InChI is InChI=1S/C24H28N6O2/c31-16-15-30-22(21-9-6-14-29(21)23(32)18-7-2-1-3-8-18)19(17-26-30)20-10-11-25-24(27-20)28-12-4-5-13-28/h1-3,7-8,10-11,17,21,31H,4-6,9,12-16H2/t21-/m1/s1. The molecule has 2 aliphatic rings. The van der Waals surface area contributed by atoms with Crippen molar-refractivity contribution in [2.75, 3.05) is 31.1 Å². The van der Waals surface area contributed by atoms with Crippen molar-refractivity contribution in [3.63, 3.8) is 0 Å². The average molecular weight is 433 g/mol. The number of nitrogens with zero attached hydrogens (tertiary/aromatic N) is 6. The number of hydrogen-bond acceptors (Lipinski definition) is 6. The molecule has 0 aliphatic carbocycles. The predicted octanol–water partition coefficient (Wildman–Crippen LogP) is 2.91. The Morgan fingerprint density at radius 1 is 1.06 bits per heavy atom. The van der Waals surface area contributed by atoms with Crippen LogP contribution in [0.1, 0.15) is 47.8 Å². The molecule has 5 rings (SSSR count). The van der Waals surface area contributed by atoms with Crippen molar-refractivity contribution in [2.24, 2.45) is 0 Å². The van der Waals surface area contributed by atoms with Crippen LogP contribution in [0.5, 0.6) is 0 Å². The summed E-state index contributed by atoms with van der Waals surface area (Å²) >= 11 is 0. The van der Waals surface area contributed by atoms with E-state index in [9.17, 15) is 9.90 Å². The van der Waals surface area contributed by atoms with Crippen LogP contribution in [-0.4, -0.2) is 61.9 Å². The van der Waals surface area contributed by atoms with Crippen molar-refractivity contribution in [1.29, 1.82) is 0 Å². The van der Waals surface area contributed by atoms with Crippen molar-refractivity contribution >= 4 is 11.9 Å². The minimum Gasteiger partial charge on any atom is -0.394 e. The van der Waals surface area contributed by atoms with Gasteiger partial charge in [-0.1, -0.05) is 18.2 Å².